The van der Waals surface area contributed by atoms with Crippen molar-refractivity contribution in [2.75, 3.05) is 0 Å². The second-order valence-corrected chi connectivity index (χ2v) is 2.94. The van der Waals surface area contributed by atoms with Crippen molar-refractivity contribution in [1.29, 1.82) is 0 Å². The maximum absolute atomic E-state index is 10.6. The third kappa shape index (κ3) is 4.11. The van der Waals surface area contributed by atoms with E-state index in [0.29, 0.717) is 6.42 Å². The Morgan fingerprint density at radius 3 is 2.50 bits per heavy atom. The zero-order valence-electron chi connectivity index (χ0n) is 7.87. The Bertz CT molecular complexity index is 154. The van der Waals surface area contributed by atoms with Crippen molar-refractivity contribution in [3.05, 3.63) is 0 Å². The molecule has 0 aromatic heterocycles. The first-order valence-corrected chi connectivity index (χ1v) is 4.22. The Morgan fingerprint density at radius 1 is 1.58 bits per heavy atom. The van der Waals surface area contributed by atoms with Gasteiger partial charge in [-0.25, -0.2) is 0 Å². The van der Waals surface area contributed by atoms with Crippen molar-refractivity contribution in [2.24, 2.45) is 5.92 Å². The van der Waals surface area contributed by atoms with Gasteiger partial charge in [-0.2, -0.15) is 0 Å². The van der Waals surface area contributed by atoms with Crippen molar-refractivity contribution in [1.82, 2.24) is 0 Å². The summed E-state index contributed by atoms with van der Waals surface area (Å²) in [5.74, 6) is -0.156. The van der Waals surface area contributed by atoms with Gasteiger partial charge in [-0.3, -0.25) is 4.79 Å². The Hall–Kier alpha value is -0.860. The van der Waals surface area contributed by atoms with E-state index in [2.05, 4.69) is 0 Å². The minimum absolute atomic E-state index is 0.118. The highest BCUT2D eigenvalue weighted by Crippen LogP contribution is 2.13. The fourth-order valence-corrected chi connectivity index (χ4v) is 1.12. The Balaban J connectivity index is 3.94. The van der Waals surface area contributed by atoms with E-state index in [1.54, 1.807) is 0 Å². The minimum atomic E-state index is -0.278. The van der Waals surface area contributed by atoms with E-state index in [4.69, 9.17) is 4.74 Å². The maximum atomic E-state index is 10.6. The van der Waals surface area contributed by atoms with Gasteiger partial charge < -0.3 is 9.53 Å². The average molecular weight is 172 g/mol. The van der Waals surface area contributed by atoms with Gasteiger partial charge in [0, 0.05) is 13.3 Å². The van der Waals surface area contributed by atoms with E-state index in [9.17, 15) is 9.59 Å². The molecule has 0 radical (unpaired) electrons. The Labute approximate surface area is 73.1 Å². The number of carbonyl (C=O) groups is 2. The topological polar surface area (TPSA) is 43.4 Å². The normalized spacial score (nSPS) is 14.9. The van der Waals surface area contributed by atoms with Gasteiger partial charge in [-0.1, -0.05) is 13.8 Å². The highest BCUT2D eigenvalue weighted by atomic mass is 16.5. The van der Waals surface area contributed by atoms with Gasteiger partial charge in [0.2, 0.25) is 0 Å². The lowest BCUT2D eigenvalue weighted by Crippen LogP contribution is -2.23. The van der Waals surface area contributed by atoms with Crippen LogP contribution in [0.2, 0.25) is 0 Å². The summed E-state index contributed by atoms with van der Waals surface area (Å²) >= 11 is 0. The van der Waals surface area contributed by atoms with Crippen molar-refractivity contribution in [3.63, 3.8) is 0 Å². The van der Waals surface area contributed by atoms with E-state index in [0.717, 1.165) is 12.7 Å². The monoisotopic (exact) mass is 172 g/mol. The number of hydrogen-bond acceptors (Lipinski definition) is 3. The lowest BCUT2D eigenvalue weighted by molar-refractivity contribution is -0.149. The number of hydrogen-bond donors (Lipinski definition) is 0. The molecule has 0 saturated heterocycles. The quantitative estimate of drug-likeness (QED) is 0.467. The molecule has 3 heteroatoms. The standard InChI is InChI=1S/C9H16O3/c1-4-9(12-8(3)11)7(2)5-6-10/h6-7,9H,4-5H2,1-3H3/t7-,9+/m1/s1. The number of ether oxygens (including phenoxy) is 1. The summed E-state index contributed by atoms with van der Waals surface area (Å²) in [4.78, 5) is 20.8. The van der Waals surface area contributed by atoms with E-state index in [1.165, 1.54) is 6.92 Å². The van der Waals surface area contributed by atoms with Crippen molar-refractivity contribution >= 4 is 12.3 Å². The molecule has 0 aromatic rings. The van der Waals surface area contributed by atoms with E-state index < -0.39 is 0 Å². The van der Waals surface area contributed by atoms with E-state index in [-0.39, 0.29) is 18.0 Å². The molecule has 0 bridgehead atoms. The van der Waals surface area contributed by atoms with Crippen molar-refractivity contribution in [3.8, 4) is 0 Å². The Kier molecular flexibility index (Phi) is 5.34. The first-order valence-electron chi connectivity index (χ1n) is 4.22. The zero-order valence-corrected chi connectivity index (χ0v) is 7.87. The fourth-order valence-electron chi connectivity index (χ4n) is 1.12. The first kappa shape index (κ1) is 11.1. The molecule has 0 aliphatic rings. The van der Waals surface area contributed by atoms with Crippen LogP contribution in [0.5, 0.6) is 0 Å². The van der Waals surface area contributed by atoms with Gasteiger partial charge in [0.25, 0.3) is 0 Å². The third-order valence-electron chi connectivity index (χ3n) is 1.82. The number of carbonyl (C=O) groups excluding carboxylic acids is 2. The molecule has 0 spiro atoms. The summed E-state index contributed by atoms with van der Waals surface area (Å²) in [6, 6.07) is 0. The molecule has 0 N–H and O–H groups in total. The number of esters is 1. The SMILES string of the molecule is CC[C@H](OC(C)=O)[C@H](C)CC=O. The van der Waals surface area contributed by atoms with Crippen LogP contribution in [0.3, 0.4) is 0 Å². The van der Waals surface area contributed by atoms with Crippen LogP contribution in [0.25, 0.3) is 0 Å². The summed E-state index contributed by atoms with van der Waals surface area (Å²) in [5.41, 5.74) is 0. The molecular formula is C9H16O3. The summed E-state index contributed by atoms with van der Waals surface area (Å²) in [6.07, 6.45) is 1.95. The smallest absolute Gasteiger partial charge is 0.302 e. The molecule has 0 amide bonds. The second-order valence-electron chi connectivity index (χ2n) is 2.94. The summed E-state index contributed by atoms with van der Waals surface area (Å²) in [6.45, 7) is 5.23. The van der Waals surface area contributed by atoms with Gasteiger partial charge in [0.15, 0.2) is 0 Å². The Morgan fingerprint density at radius 2 is 2.17 bits per heavy atom. The molecule has 0 unspecified atom stereocenters. The average Bonchev–Trinajstić information content (AvgIpc) is 2.00. The van der Waals surface area contributed by atoms with Gasteiger partial charge in [-0.15, -0.1) is 0 Å². The van der Waals surface area contributed by atoms with Crippen LogP contribution in [0.4, 0.5) is 0 Å². The molecule has 0 rings (SSSR count). The predicted molar refractivity (Wildman–Crippen MR) is 45.7 cm³/mol. The molecule has 0 saturated carbocycles. The molecule has 0 aromatic carbocycles. The van der Waals surface area contributed by atoms with Crippen LogP contribution in [0.1, 0.15) is 33.6 Å². The van der Waals surface area contributed by atoms with Gasteiger partial charge in [0.05, 0.1) is 0 Å². The first-order chi connectivity index (χ1) is 5.61. The molecule has 12 heavy (non-hydrogen) atoms. The molecule has 0 aliphatic heterocycles. The molecule has 0 fully saturated rings. The van der Waals surface area contributed by atoms with Gasteiger partial charge in [0.1, 0.15) is 12.4 Å². The van der Waals surface area contributed by atoms with E-state index in [1.807, 2.05) is 13.8 Å². The van der Waals surface area contributed by atoms with Crippen molar-refractivity contribution < 1.29 is 14.3 Å². The lowest BCUT2D eigenvalue weighted by atomic mass is 10.00. The number of aldehydes is 1. The highest BCUT2D eigenvalue weighted by molar-refractivity contribution is 5.66. The molecule has 0 heterocycles. The van der Waals surface area contributed by atoms with Crippen LogP contribution >= 0.6 is 0 Å². The molecule has 2 atom stereocenters. The third-order valence-corrected chi connectivity index (χ3v) is 1.82. The maximum Gasteiger partial charge on any atom is 0.302 e. The van der Waals surface area contributed by atoms with Gasteiger partial charge in [-0.05, 0) is 12.3 Å². The highest BCUT2D eigenvalue weighted by Gasteiger charge is 2.17. The molecule has 70 valence electrons. The van der Waals surface area contributed by atoms with Crippen LogP contribution in [-0.2, 0) is 14.3 Å². The summed E-state index contributed by atoms with van der Waals surface area (Å²) in [5, 5.41) is 0. The van der Waals surface area contributed by atoms with E-state index >= 15 is 0 Å². The van der Waals surface area contributed by atoms with Crippen LogP contribution < -0.4 is 0 Å². The zero-order chi connectivity index (χ0) is 9.56. The summed E-state index contributed by atoms with van der Waals surface area (Å²) < 4.78 is 5.02. The number of rotatable bonds is 5. The van der Waals surface area contributed by atoms with Crippen LogP contribution in [0.15, 0.2) is 0 Å². The molecule has 3 nitrogen and oxygen atoms in total. The minimum Gasteiger partial charge on any atom is -0.462 e. The van der Waals surface area contributed by atoms with Crippen molar-refractivity contribution in [2.45, 2.75) is 39.7 Å². The lowest BCUT2D eigenvalue weighted by Gasteiger charge is -2.20. The van der Waals surface area contributed by atoms with Gasteiger partial charge >= 0.3 is 5.97 Å². The van der Waals surface area contributed by atoms with Crippen LogP contribution in [-0.4, -0.2) is 18.4 Å². The molecular weight excluding hydrogens is 156 g/mol. The largest absolute Gasteiger partial charge is 0.462 e. The van der Waals surface area contributed by atoms with Crippen LogP contribution in [0, 0.1) is 5.92 Å². The molecule has 0 aliphatic carbocycles. The predicted octanol–water partition coefficient (Wildman–Crippen LogP) is 1.55. The fraction of sp³-hybridized carbons (Fsp3) is 0.778. The summed E-state index contributed by atoms with van der Waals surface area (Å²) in [7, 11) is 0. The second kappa shape index (κ2) is 5.75.